The Labute approximate surface area is 174 Å². The van der Waals surface area contributed by atoms with Crippen molar-refractivity contribution in [1.82, 2.24) is 8.87 Å². The molecule has 2 N–H and O–H groups in total. The number of hydrogen-bond donors (Lipinski definition) is 2. The van der Waals surface area contributed by atoms with Crippen LogP contribution in [-0.2, 0) is 16.8 Å². The number of anilines is 3. The number of halogens is 2. The molecular weight excluding hydrogens is 506 g/mol. The third kappa shape index (κ3) is 3.96. The Kier molecular flexibility index (Phi) is 5.75. The topological polar surface area (TPSA) is 83.4 Å². The first-order valence-corrected chi connectivity index (χ1v) is 11.4. The van der Waals surface area contributed by atoms with Crippen molar-refractivity contribution in [2.24, 2.45) is 0 Å². The molecule has 2 heterocycles. The minimum Gasteiger partial charge on any atom is -0.351 e. The second-order valence-corrected chi connectivity index (χ2v) is 10.3. The molecule has 0 unspecified atom stereocenters. The van der Waals surface area contributed by atoms with E-state index >= 15 is 0 Å². The SMILES string of the molecule is Cc1c(Nc2ccc(I)cc2F)c(NS(=O)(=O)N(C)C)c2n(c1=O)CCS2. The van der Waals surface area contributed by atoms with Gasteiger partial charge in [-0.05, 0) is 47.7 Å². The molecule has 1 aliphatic heterocycles. The van der Waals surface area contributed by atoms with E-state index in [9.17, 15) is 17.6 Å². The summed E-state index contributed by atoms with van der Waals surface area (Å²) in [5.41, 5.74) is 0.760. The van der Waals surface area contributed by atoms with Gasteiger partial charge >= 0.3 is 10.2 Å². The third-order valence-electron chi connectivity index (χ3n) is 4.11. The quantitative estimate of drug-likeness (QED) is 0.588. The van der Waals surface area contributed by atoms with E-state index in [2.05, 4.69) is 10.0 Å². The minimum absolute atomic E-state index is 0.163. The molecule has 0 aliphatic carbocycles. The Hall–Kier alpha value is -1.31. The van der Waals surface area contributed by atoms with Crippen LogP contribution in [0.2, 0.25) is 0 Å². The number of thioether (sulfide) groups is 1. The van der Waals surface area contributed by atoms with Crippen molar-refractivity contribution in [3.8, 4) is 0 Å². The molecule has 146 valence electrons. The van der Waals surface area contributed by atoms with Crippen molar-refractivity contribution < 1.29 is 12.8 Å². The van der Waals surface area contributed by atoms with Crippen molar-refractivity contribution in [1.29, 1.82) is 0 Å². The van der Waals surface area contributed by atoms with E-state index in [1.807, 2.05) is 22.6 Å². The molecule has 0 fully saturated rings. The van der Waals surface area contributed by atoms with Crippen molar-refractivity contribution in [3.63, 3.8) is 0 Å². The predicted octanol–water partition coefficient (Wildman–Crippen LogP) is 2.97. The van der Waals surface area contributed by atoms with Crippen LogP contribution in [0, 0.1) is 16.3 Å². The van der Waals surface area contributed by atoms with E-state index in [0.29, 0.717) is 22.9 Å². The number of benzene rings is 1. The van der Waals surface area contributed by atoms with Crippen molar-refractivity contribution in [2.45, 2.75) is 18.5 Å². The summed E-state index contributed by atoms with van der Waals surface area (Å²) in [6, 6.07) is 4.63. The molecule has 1 aliphatic rings. The van der Waals surface area contributed by atoms with Crippen LogP contribution < -0.4 is 15.6 Å². The maximum atomic E-state index is 14.3. The fourth-order valence-electron chi connectivity index (χ4n) is 2.61. The van der Waals surface area contributed by atoms with Crippen LogP contribution in [0.4, 0.5) is 21.5 Å². The van der Waals surface area contributed by atoms with Gasteiger partial charge in [0.15, 0.2) is 0 Å². The Balaban J connectivity index is 2.20. The van der Waals surface area contributed by atoms with Gasteiger partial charge in [0, 0.05) is 35.5 Å². The second kappa shape index (κ2) is 7.60. The molecule has 1 aromatic carbocycles. The number of fused-ring (bicyclic) bond motifs is 1. The summed E-state index contributed by atoms with van der Waals surface area (Å²) < 4.78 is 45.0. The largest absolute Gasteiger partial charge is 0.351 e. The van der Waals surface area contributed by atoms with Crippen LogP contribution in [0.1, 0.15) is 5.56 Å². The van der Waals surface area contributed by atoms with Crippen LogP contribution in [0.5, 0.6) is 0 Å². The number of nitrogens with one attached hydrogen (secondary N) is 2. The number of pyridine rings is 1. The van der Waals surface area contributed by atoms with Crippen LogP contribution in [0.25, 0.3) is 0 Å². The lowest BCUT2D eigenvalue weighted by molar-refractivity contribution is 0.526. The molecular formula is C16H18FIN4O3S2. The maximum Gasteiger partial charge on any atom is 0.301 e. The number of aromatic nitrogens is 1. The van der Waals surface area contributed by atoms with Crippen molar-refractivity contribution >= 4 is 61.6 Å². The van der Waals surface area contributed by atoms with Gasteiger partial charge in [-0.15, -0.1) is 11.8 Å². The average Bonchev–Trinajstić information content (AvgIpc) is 3.07. The van der Waals surface area contributed by atoms with E-state index in [1.54, 1.807) is 23.6 Å². The molecule has 0 atom stereocenters. The lowest BCUT2D eigenvalue weighted by atomic mass is 10.2. The zero-order valence-corrected chi connectivity index (χ0v) is 18.6. The van der Waals surface area contributed by atoms with Gasteiger partial charge in [-0.1, -0.05) is 0 Å². The molecule has 2 aromatic rings. The molecule has 0 spiro atoms. The Morgan fingerprint density at radius 3 is 2.63 bits per heavy atom. The summed E-state index contributed by atoms with van der Waals surface area (Å²) in [5, 5.41) is 3.44. The van der Waals surface area contributed by atoms with Crippen LogP contribution in [-0.4, -0.2) is 37.1 Å². The first-order valence-electron chi connectivity index (χ1n) is 7.94. The van der Waals surface area contributed by atoms with Crippen molar-refractivity contribution in [2.75, 3.05) is 29.9 Å². The highest BCUT2D eigenvalue weighted by Crippen LogP contribution is 2.40. The molecule has 0 radical (unpaired) electrons. The summed E-state index contributed by atoms with van der Waals surface area (Å²) in [7, 11) is -1.00. The molecule has 0 bridgehead atoms. The molecule has 0 amide bonds. The van der Waals surface area contributed by atoms with Gasteiger partial charge in [0.2, 0.25) is 0 Å². The van der Waals surface area contributed by atoms with Gasteiger partial charge in [-0.25, -0.2) is 4.39 Å². The maximum absolute atomic E-state index is 14.3. The Morgan fingerprint density at radius 2 is 2.00 bits per heavy atom. The van der Waals surface area contributed by atoms with E-state index in [4.69, 9.17) is 0 Å². The monoisotopic (exact) mass is 524 g/mol. The molecule has 7 nitrogen and oxygen atoms in total. The molecule has 11 heteroatoms. The Bertz CT molecular complexity index is 1070. The average molecular weight is 524 g/mol. The number of hydrogen-bond acceptors (Lipinski definition) is 5. The summed E-state index contributed by atoms with van der Waals surface area (Å²) in [4.78, 5) is 12.7. The summed E-state index contributed by atoms with van der Waals surface area (Å²) in [5.74, 6) is 0.170. The van der Waals surface area contributed by atoms with Crippen LogP contribution >= 0.6 is 34.4 Å². The summed E-state index contributed by atoms with van der Waals surface area (Å²) in [6.45, 7) is 2.09. The standard InChI is InChI=1S/C16H18FIN4O3S2/c1-9-13(19-12-5-4-10(18)8-11(12)17)14(20-27(24,25)21(2)3)16-22(15(9)23)6-7-26-16/h4-5,8,19-20H,6-7H2,1-3H3. The summed E-state index contributed by atoms with van der Waals surface area (Å²) >= 11 is 3.38. The van der Waals surface area contributed by atoms with E-state index < -0.39 is 16.0 Å². The first kappa shape index (κ1) is 20.4. The lowest BCUT2D eigenvalue weighted by Gasteiger charge is -2.21. The van der Waals surface area contributed by atoms with E-state index in [0.717, 1.165) is 7.88 Å². The smallest absolute Gasteiger partial charge is 0.301 e. The zero-order chi connectivity index (χ0) is 19.9. The third-order valence-corrected chi connectivity index (χ3v) is 7.29. The first-order chi connectivity index (χ1) is 12.6. The molecule has 0 saturated carbocycles. The Morgan fingerprint density at radius 1 is 1.30 bits per heavy atom. The van der Waals surface area contributed by atoms with Gasteiger partial charge in [0.25, 0.3) is 5.56 Å². The fraction of sp³-hybridized carbons (Fsp3) is 0.312. The zero-order valence-electron chi connectivity index (χ0n) is 14.8. The highest BCUT2D eigenvalue weighted by Gasteiger charge is 2.27. The minimum atomic E-state index is -3.81. The molecule has 0 saturated heterocycles. The van der Waals surface area contributed by atoms with Gasteiger partial charge in [0.1, 0.15) is 16.5 Å². The van der Waals surface area contributed by atoms with Gasteiger partial charge in [-0.3, -0.25) is 9.52 Å². The second-order valence-electron chi connectivity index (χ2n) is 6.12. The van der Waals surface area contributed by atoms with Gasteiger partial charge in [-0.2, -0.15) is 12.7 Å². The predicted molar refractivity (Wildman–Crippen MR) is 115 cm³/mol. The lowest BCUT2D eigenvalue weighted by Crippen LogP contribution is -2.31. The highest BCUT2D eigenvalue weighted by molar-refractivity contribution is 14.1. The van der Waals surface area contributed by atoms with E-state index in [-0.39, 0.29) is 22.6 Å². The fourth-order valence-corrected chi connectivity index (χ4v) is 4.87. The van der Waals surface area contributed by atoms with Crippen LogP contribution in [0.3, 0.4) is 0 Å². The number of rotatable bonds is 5. The molecule has 1 aromatic heterocycles. The number of nitrogens with zero attached hydrogens (tertiary/aromatic N) is 2. The molecule has 27 heavy (non-hydrogen) atoms. The van der Waals surface area contributed by atoms with Gasteiger partial charge < -0.3 is 9.88 Å². The normalized spacial score (nSPS) is 13.7. The molecule has 3 rings (SSSR count). The van der Waals surface area contributed by atoms with Crippen LogP contribution in [0.15, 0.2) is 28.0 Å². The van der Waals surface area contributed by atoms with E-state index in [1.165, 1.54) is 31.9 Å². The summed E-state index contributed by atoms with van der Waals surface area (Å²) in [6.07, 6.45) is 0. The van der Waals surface area contributed by atoms with Crippen molar-refractivity contribution in [3.05, 3.63) is 43.5 Å². The highest BCUT2D eigenvalue weighted by atomic mass is 127. The van der Waals surface area contributed by atoms with Gasteiger partial charge in [0.05, 0.1) is 11.4 Å².